The molecule has 0 heterocycles. The lowest BCUT2D eigenvalue weighted by molar-refractivity contribution is -0.0521. The Kier molecular flexibility index (Phi) is 3.18. The highest BCUT2D eigenvalue weighted by atomic mass is 19.3. The molecular weight excluding hydrogens is 269 g/mol. The van der Waals surface area contributed by atoms with Gasteiger partial charge >= 0.3 is 6.61 Å². The van der Waals surface area contributed by atoms with Crippen LogP contribution in [0.4, 0.5) is 24.5 Å². The molecule has 0 spiro atoms. The number of nitrogens with one attached hydrogen (secondary N) is 1. The second-order valence-electron chi connectivity index (χ2n) is 5.74. The summed E-state index contributed by atoms with van der Waals surface area (Å²) in [5.74, 6) is -0.585. The molecule has 0 unspecified atom stereocenters. The van der Waals surface area contributed by atoms with E-state index in [-0.39, 0.29) is 5.69 Å². The number of alkyl halides is 2. The van der Waals surface area contributed by atoms with Gasteiger partial charge in [0, 0.05) is 18.7 Å². The van der Waals surface area contributed by atoms with Gasteiger partial charge in [-0.25, -0.2) is 4.39 Å². The average Bonchev–Trinajstić information content (AvgIpc) is 3.24. The quantitative estimate of drug-likeness (QED) is 0.785. The van der Waals surface area contributed by atoms with Gasteiger partial charge in [-0.2, -0.15) is 8.78 Å². The first kappa shape index (κ1) is 13.4. The fourth-order valence-electron chi connectivity index (χ4n) is 2.77. The number of hydrogen-bond acceptors (Lipinski definition) is 3. The molecule has 2 fully saturated rings. The molecule has 0 amide bonds. The van der Waals surface area contributed by atoms with Crippen LogP contribution in [0.15, 0.2) is 12.1 Å². The molecule has 3 N–H and O–H groups in total. The van der Waals surface area contributed by atoms with Gasteiger partial charge in [-0.3, -0.25) is 0 Å². The van der Waals surface area contributed by atoms with Gasteiger partial charge in [0.15, 0.2) is 11.6 Å². The molecule has 0 saturated heterocycles. The van der Waals surface area contributed by atoms with E-state index in [2.05, 4.69) is 10.1 Å². The zero-order chi connectivity index (χ0) is 14.3. The maximum atomic E-state index is 13.4. The van der Waals surface area contributed by atoms with E-state index in [1.165, 1.54) is 31.7 Å². The van der Waals surface area contributed by atoms with E-state index >= 15 is 0 Å². The average molecular weight is 286 g/mol. The molecule has 6 heteroatoms. The topological polar surface area (TPSA) is 47.3 Å². The maximum absolute atomic E-state index is 13.4. The molecule has 0 bridgehead atoms. The zero-order valence-electron chi connectivity index (χ0n) is 11.0. The predicted octanol–water partition coefficient (Wildman–Crippen LogP) is 3.61. The second kappa shape index (κ2) is 4.75. The number of halogens is 3. The number of anilines is 2. The Balaban J connectivity index is 1.71. The molecule has 2 aliphatic carbocycles. The minimum absolute atomic E-state index is 0.204. The molecule has 2 saturated carbocycles. The monoisotopic (exact) mass is 286 g/mol. The van der Waals surface area contributed by atoms with Crippen molar-refractivity contribution in [2.45, 2.75) is 32.3 Å². The van der Waals surface area contributed by atoms with Crippen LogP contribution < -0.4 is 15.8 Å². The third kappa shape index (κ3) is 2.64. The van der Waals surface area contributed by atoms with E-state index in [1.54, 1.807) is 0 Å². The second-order valence-corrected chi connectivity index (χ2v) is 5.74. The smallest absolute Gasteiger partial charge is 0.387 e. The maximum Gasteiger partial charge on any atom is 0.387 e. The van der Waals surface area contributed by atoms with E-state index in [0.717, 1.165) is 18.5 Å². The van der Waals surface area contributed by atoms with Crippen molar-refractivity contribution in [2.75, 3.05) is 17.6 Å². The molecule has 2 aliphatic rings. The summed E-state index contributed by atoms with van der Waals surface area (Å²) >= 11 is 0. The highest BCUT2D eigenvalue weighted by molar-refractivity contribution is 5.68. The summed E-state index contributed by atoms with van der Waals surface area (Å²) in [5.41, 5.74) is 6.71. The van der Waals surface area contributed by atoms with Gasteiger partial charge in [0.1, 0.15) is 0 Å². The molecule has 0 aromatic heterocycles. The Hall–Kier alpha value is -1.59. The number of ether oxygens (including phenoxy) is 1. The zero-order valence-corrected chi connectivity index (χ0v) is 11.0. The molecule has 20 heavy (non-hydrogen) atoms. The van der Waals surface area contributed by atoms with Crippen LogP contribution in [0.3, 0.4) is 0 Å². The molecule has 3 nitrogen and oxygen atoms in total. The standard InChI is InChI=1S/C14H17F3N2O/c15-9-5-10(18)11(6-12(9)20-13(16)17)19-7-14(3-4-14)8-1-2-8/h5-6,8,13,19H,1-4,7,18H2. The minimum Gasteiger partial charge on any atom is -0.432 e. The summed E-state index contributed by atoms with van der Waals surface area (Å²) in [4.78, 5) is 0. The van der Waals surface area contributed by atoms with Crippen LogP contribution in [0, 0.1) is 17.2 Å². The lowest BCUT2D eigenvalue weighted by Crippen LogP contribution is -2.18. The first-order valence-electron chi connectivity index (χ1n) is 6.78. The summed E-state index contributed by atoms with van der Waals surface area (Å²) in [6, 6.07) is 2.22. The Labute approximate surface area is 115 Å². The number of nitrogens with two attached hydrogens (primary N) is 1. The third-order valence-electron chi connectivity index (χ3n) is 4.29. The van der Waals surface area contributed by atoms with E-state index in [9.17, 15) is 13.2 Å². The molecular formula is C14H17F3N2O. The van der Waals surface area contributed by atoms with E-state index < -0.39 is 18.2 Å². The van der Waals surface area contributed by atoms with Crippen molar-refractivity contribution in [3.8, 4) is 5.75 Å². The molecule has 0 aliphatic heterocycles. The van der Waals surface area contributed by atoms with E-state index in [4.69, 9.17) is 5.73 Å². The predicted molar refractivity (Wildman–Crippen MR) is 70.3 cm³/mol. The largest absolute Gasteiger partial charge is 0.432 e. The molecule has 110 valence electrons. The van der Waals surface area contributed by atoms with Crippen molar-refractivity contribution in [3.63, 3.8) is 0 Å². The molecule has 0 radical (unpaired) electrons. The third-order valence-corrected chi connectivity index (χ3v) is 4.29. The molecule has 1 aromatic rings. The lowest BCUT2D eigenvalue weighted by Gasteiger charge is -2.18. The van der Waals surface area contributed by atoms with Gasteiger partial charge in [-0.1, -0.05) is 0 Å². The van der Waals surface area contributed by atoms with Crippen LogP contribution in [0.5, 0.6) is 5.75 Å². The normalized spacial score (nSPS) is 20.0. The summed E-state index contributed by atoms with van der Waals surface area (Å²) in [6.07, 6.45) is 4.90. The van der Waals surface area contributed by atoms with Crippen molar-refractivity contribution < 1.29 is 17.9 Å². The van der Waals surface area contributed by atoms with Crippen LogP contribution in [0.25, 0.3) is 0 Å². The first-order valence-corrected chi connectivity index (χ1v) is 6.78. The van der Waals surface area contributed by atoms with Crippen molar-refractivity contribution in [3.05, 3.63) is 17.9 Å². The Morgan fingerprint density at radius 2 is 2.05 bits per heavy atom. The van der Waals surface area contributed by atoms with Crippen LogP contribution in [-0.2, 0) is 0 Å². The molecule has 0 atom stereocenters. The van der Waals surface area contributed by atoms with Crippen molar-refractivity contribution in [1.29, 1.82) is 0 Å². The number of nitrogen functional groups attached to an aromatic ring is 1. The van der Waals surface area contributed by atoms with Crippen LogP contribution in [0.1, 0.15) is 25.7 Å². The van der Waals surface area contributed by atoms with Crippen molar-refractivity contribution in [1.82, 2.24) is 0 Å². The molecule has 1 aromatic carbocycles. The van der Waals surface area contributed by atoms with Gasteiger partial charge in [0.2, 0.25) is 0 Å². The van der Waals surface area contributed by atoms with Crippen molar-refractivity contribution in [2.24, 2.45) is 11.3 Å². The minimum atomic E-state index is -3.05. The van der Waals surface area contributed by atoms with Gasteiger partial charge in [-0.15, -0.1) is 0 Å². The molecule has 3 rings (SSSR count). The first-order chi connectivity index (χ1) is 9.50. The van der Waals surface area contributed by atoms with Gasteiger partial charge in [0.25, 0.3) is 0 Å². The number of rotatable bonds is 6. The Morgan fingerprint density at radius 1 is 1.35 bits per heavy atom. The van der Waals surface area contributed by atoms with Crippen LogP contribution >= 0.6 is 0 Å². The van der Waals surface area contributed by atoms with Crippen LogP contribution in [0.2, 0.25) is 0 Å². The van der Waals surface area contributed by atoms with Gasteiger partial charge < -0.3 is 15.8 Å². The summed E-state index contributed by atoms with van der Waals surface area (Å²) in [5, 5.41) is 3.16. The van der Waals surface area contributed by atoms with Gasteiger partial charge in [-0.05, 0) is 37.0 Å². The van der Waals surface area contributed by atoms with Crippen LogP contribution in [-0.4, -0.2) is 13.2 Å². The van der Waals surface area contributed by atoms with Gasteiger partial charge in [0.05, 0.1) is 11.4 Å². The fraction of sp³-hybridized carbons (Fsp3) is 0.571. The highest BCUT2D eigenvalue weighted by Gasteiger charge is 2.53. The highest BCUT2D eigenvalue weighted by Crippen LogP contribution is 2.61. The summed E-state index contributed by atoms with van der Waals surface area (Å²) < 4.78 is 42.0. The fourth-order valence-corrected chi connectivity index (χ4v) is 2.77. The number of benzene rings is 1. The Bertz CT molecular complexity index is 513. The number of hydrogen-bond donors (Lipinski definition) is 2. The SMILES string of the molecule is Nc1cc(F)c(OC(F)F)cc1NCC1(C2CC2)CC1. The van der Waals surface area contributed by atoms with E-state index in [0.29, 0.717) is 11.1 Å². The lowest BCUT2D eigenvalue weighted by atomic mass is 10.0. The van der Waals surface area contributed by atoms with E-state index in [1.807, 2.05) is 0 Å². The summed E-state index contributed by atoms with van der Waals surface area (Å²) in [6.45, 7) is -2.30. The summed E-state index contributed by atoms with van der Waals surface area (Å²) in [7, 11) is 0. The van der Waals surface area contributed by atoms with Crippen molar-refractivity contribution >= 4 is 11.4 Å². The Morgan fingerprint density at radius 3 is 2.60 bits per heavy atom.